The Morgan fingerprint density at radius 3 is 2.17 bits per heavy atom. The van der Waals surface area contributed by atoms with Crippen LogP contribution in [0.2, 0.25) is 0 Å². The zero-order valence-corrected chi connectivity index (χ0v) is 25.8. The summed E-state index contributed by atoms with van der Waals surface area (Å²) in [6.07, 6.45) is -6.70. The first-order chi connectivity index (χ1) is 21.4. The van der Waals surface area contributed by atoms with Crippen molar-refractivity contribution in [1.29, 1.82) is 0 Å². The molecule has 0 aliphatic carbocycles. The molecule has 0 radical (unpaired) electrons. The Morgan fingerprint density at radius 2 is 1.59 bits per heavy atom. The quantitative estimate of drug-likeness (QED) is 0.297. The molecule has 3 aromatic rings. The van der Waals surface area contributed by atoms with Crippen molar-refractivity contribution in [3.63, 3.8) is 0 Å². The summed E-state index contributed by atoms with van der Waals surface area (Å²) in [4.78, 5) is 24.2. The van der Waals surface area contributed by atoms with Crippen LogP contribution in [0.1, 0.15) is 48.9 Å². The van der Waals surface area contributed by atoms with Crippen LogP contribution < -0.4 is 9.80 Å². The minimum Gasteiger partial charge on any atom is -0.394 e. The van der Waals surface area contributed by atoms with Gasteiger partial charge in [0.15, 0.2) is 0 Å². The molecule has 0 spiro atoms. The van der Waals surface area contributed by atoms with E-state index in [2.05, 4.69) is 9.88 Å². The maximum absolute atomic E-state index is 14.1. The molecule has 3 heterocycles. The number of nitrogens with zero attached hydrogens (tertiary/aromatic N) is 4. The van der Waals surface area contributed by atoms with Gasteiger partial charge in [-0.3, -0.25) is 9.69 Å². The third-order valence-corrected chi connectivity index (χ3v) is 9.15. The second-order valence-corrected chi connectivity index (χ2v) is 12.6. The van der Waals surface area contributed by atoms with Gasteiger partial charge in [-0.05, 0) is 93.2 Å². The van der Waals surface area contributed by atoms with E-state index in [-0.39, 0.29) is 30.4 Å². The first kappa shape index (κ1) is 33.6. The number of benzene rings is 2. The van der Waals surface area contributed by atoms with Crippen LogP contribution in [0.4, 0.5) is 42.2 Å². The minimum atomic E-state index is -5.08. The van der Waals surface area contributed by atoms with E-state index in [4.69, 9.17) is 0 Å². The Balaban J connectivity index is 1.59. The minimum absolute atomic E-state index is 0.0247. The van der Waals surface area contributed by atoms with E-state index in [1.165, 1.54) is 45.3 Å². The van der Waals surface area contributed by atoms with Crippen molar-refractivity contribution in [2.75, 3.05) is 43.1 Å². The molecule has 2 aromatic carbocycles. The van der Waals surface area contributed by atoms with E-state index < -0.39 is 46.2 Å². The van der Waals surface area contributed by atoms with Gasteiger partial charge in [0.1, 0.15) is 11.6 Å². The lowest BCUT2D eigenvalue weighted by Crippen LogP contribution is -2.57. The number of alkyl halides is 6. The zero-order chi connectivity index (χ0) is 33.8. The molecule has 2 atom stereocenters. The number of aliphatic hydroxyl groups excluding tert-OH is 1. The predicted molar refractivity (Wildman–Crippen MR) is 160 cm³/mol. The normalized spacial score (nSPS) is 19.3. The number of halogens is 7. The summed E-state index contributed by atoms with van der Waals surface area (Å²) in [5, 5.41) is 10.2. The van der Waals surface area contributed by atoms with E-state index in [1.54, 1.807) is 13.0 Å². The first-order valence-electron chi connectivity index (χ1n) is 14.9. The van der Waals surface area contributed by atoms with Gasteiger partial charge in [0, 0.05) is 31.7 Å². The molecule has 2 saturated heterocycles. The highest BCUT2D eigenvalue weighted by Gasteiger charge is 2.42. The largest absolute Gasteiger partial charge is 0.416 e. The molecule has 2 aliphatic rings. The fourth-order valence-corrected chi connectivity index (χ4v) is 6.50. The maximum atomic E-state index is 14.1. The number of anilines is 2. The Hall–Kier alpha value is -3.71. The summed E-state index contributed by atoms with van der Waals surface area (Å²) >= 11 is 0. The molecular formula is C33H35F7N4O2. The fraction of sp³-hybridized carbons (Fsp3) is 0.455. The van der Waals surface area contributed by atoms with Gasteiger partial charge in [-0.15, -0.1) is 0 Å². The van der Waals surface area contributed by atoms with E-state index in [9.17, 15) is 40.6 Å². The number of pyridine rings is 1. The summed E-state index contributed by atoms with van der Waals surface area (Å²) in [7, 11) is 1.37. The molecule has 1 aromatic heterocycles. The van der Waals surface area contributed by atoms with Crippen molar-refractivity contribution in [3.05, 3.63) is 76.7 Å². The highest BCUT2D eigenvalue weighted by atomic mass is 19.4. The number of likely N-dealkylation sites (N-methyl/N-ethyl adjacent to an activating group) is 1. The molecule has 6 nitrogen and oxygen atoms in total. The van der Waals surface area contributed by atoms with Gasteiger partial charge >= 0.3 is 12.4 Å². The van der Waals surface area contributed by atoms with Gasteiger partial charge in [0.05, 0.1) is 41.1 Å². The Bertz CT molecular complexity index is 1590. The third-order valence-electron chi connectivity index (χ3n) is 9.15. The Labute approximate surface area is 262 Å². The van der Waals surface area contributed by atoms with Crippen molar-refractivity contribution in [3.8, 4) is 11.1 Å². The number of rotatable bonds is 6. The number of aryl methyl sites for hydroxylation is 1. The van der Waals surface area contributed by atoms with E-state index in [1.807, 2.05) is 4.90 Å². The van der Waals surface area contributed by atoms with Gasteiger partial charge in [-0.1, -0.05) is 6.07 Å². The van der Waals surface area contributed by atoms with Gasteiger partial charge < -0.3 is 14.9 Å². The summed E-state index contributed by atoms with van der Waals surface area (Å²) in [5.74, 6) is -0.755. The highest BCUT2D eigenvalue weighted by molar-refractivity contribution is 6.03. The average Bonchev–Trinajstić information content (AvgIpc) is 3.46. The van der Waals surface area contributed by atoms with Crippen LogP contribution in [0.15, 0.2) is 48.7 Å². The number of hydrogen-bond donors (Lipinski definition) is 1. The van der Waals surface area contributed by atoms with Crippen LogP contribution >= 0.6 is 0 Å². The lowest BCUT2D eigenvalue weighted by molar-refractivity contribution is -0.143. The molecular weight excluding hydrogens is 617 g/mol. The molecule has 1 amide bonds. The van der Waals surface area contributed by atoms with Crippen molar-refractivity contribution in [2.45, 2.75) is 63.5 Å². The van der Waals surface area contributed by atoms with Gasteiger partial charge in [0.25, 0.3) is 0 Å². The molecule has 13 heteroatoms. The van der Waals surface area contributed by atoms with Crippen LogP contribution in [0.3, 0.4) is 0 Å². The standard InChI is InChI=1S/C33H35F7N4O2/c1-19-10-23(34)7-8-26(19)27-14-29(44-17-24-6-5-9-43(24)16-25(44)18-45)41-15-28(27)42(4)30(46)31(2,3)20-11-21(32(35,36)37)13-22(12-20)33(38,39)40/h7-8,10-15,24-25,45H,5-6,9,16-18H2,1-4H3/t24-,25+/m0/s1. The Kier molecular flexibility index (Phi) is 8.88. The molecule has 1 N–H and O–H groups in total. The Morgan fingerprint density at radius 1 is 0.957 bits per heavy atom. The molecule has 2 fully saturated rings. The van der Waals surface area contributed by atoms with Crippen molar-refractivity contribution >= 4 is 17.4 Å². The number of carbonyl (C=O) groups is 1. The molecule has 5 rings (SSSR count). The molecule has 0 bridgehead atoms. The number of piperazine rings is 1. The van der Waals surface area contributed by atoms with Crippen LogP contribution in [-0.4, -0.2) is 66.3 Å². The number of hydrogen-bond acceptors (Lipinski definition) is 5. The summed E-state index contributed by atoms with van der Waals surface area (Å²) in [6, 6.07) is 7.01. The average molecular weight is 653 g/mol. The molecule has 248 valence electrons. The summed E-state index contributed by atoms with van der Waals surface area (Å²) < 4.78 is 96.1. The SMILES string of the molecule is Cc1cc(F)ccc1-c1cc(N2C[C@@H]3CCCN3C[C@@H]2CO)ncc1N(C)C(=O)C(C)(C)c1cc(C(F)(F)F)cc(C(F)(F)F)c1. The lowest BCUT2D eigenvalue weighted by Gasteiger charge is -2.44. The first-order valence-corrected chi connectivity index (χ1v) is 14.9. The van der Waals surface area contributed by atoms with Crippen LogP contribution in [0, 0.1) is 12.7 Å². The number of amides is 1. The van der Waals surface area contributed by atoms with Crippen LogP contribution in [0.5, 0.6) is 0 Å². The lowest BCUT2D eigenvalue weighted by atomic mass is 9.81. The number of fused-ring (bicyclic) bond motifs is 1. The fourth-order valence-electron chi connectivity index (χ4n) is 6.50. The molecule has 0 unspecified atom stereocenters. The molecule has 46 heavy (non-hydrogen) atoms. The topological polar surface area (TPSA) is 59.9 Å². The second kappa shape index (κ2) is 12.1. The third kappa shape index (κ3) is 6.44. The number of aromatic nitrogens is 1. The van der Waals surface area contributed by atoms with E-state index in [0.29, 0.717) is 47.7 Å². The van der Waals surface area contributed by atoms with Crippen molar-refractivity contribution in [2.24, 2.45) is 0 Å². The van der Waals surface area contributed by atoms with Crippen LogP contribution in [-0.2, 0) is 22.6 Å². The predicted octanol–water partition coefficient (Wildman–Crippen LogP) is 6.82. The number of carbonyl (C=O) groups excluding carboxylic acids is 1. The maximum Gasteiger partial charge on any atom is 0.416 e. The molecule has 0 saturated carbocycles. The second-order valence-electron chi connectivity index (χ2n) is 12.6. The van der Waals surface area contributed by atoms with Gasteiger partial charge in [0.2, 0.25) is 5.91 Å². The monoisotopic (exact) mass is 652 g/mol. The van der Waals surface area contributed by atoms with E-state index >= 15 is 0 Å². The molecule has 2 aliphatic heterocycles. The van der Waals surface area contributed by atoms with Crippen LogP contribution in [0.25, 0.3) is 11.1 Å². The van der Waals surface area contributed by atoms with Gasteiger partial charge in [-0.2, -0.15) is 26.3 Å². The highest BCUT2D eigenvalue weighted by Crippen LogP contribution is 2.42. The summed E-state index contributed by atoms with van der Waals surface area (Å²) in [6.45, 7) is 6.28. The van der Waals surface area contributed by atoms with Gasteiger partial charge in [-0.25, -0.2) is 9.37 Å². The number of aliphatic hydroxyl groups is 1. The van der Waals surface area contributed by atoms with E-state index in [0.717, 1.165) is 24.3 Å². The zero-order valence-electron chi connectivity index (χ0n) is 25.8. The van der Waals surface area contributed by atoms with Crippen molar-refractivity contribution < 1.29 is 40.6 Å². The summed E-state index contributed by atoms with van der Waals surface area (Å²) in [5.41, 5.74) is -3.58. The smallest absolute Gasteiger partial charge is 0.394 e. The van der Waals surface area contributed by atoms with Crippen molar-refractivity contribution in [1.82, 2.24) is 9.88 Å².